The molecular weight excluding hydrogens is 294 g/mol. The number of guanidine groups is 1. The second-order valence-electron chi connectivity index (χ2n) is 6.14. The number of hydrogen-bond acceptors (Lipinski definition) is 4. The summed E-state index contributed by atoms with van der Waals surface area (Å²) in [6, 6.07) is 0.378. The predicted octanol–water partition coefficient (Wildman–Crippen LogP) is 1.15. The van der Waals surface area contributed by atoms with Gasteiger partial charge in [-0.3, -0.25) is 9.79 Å². The van der Waals surface area contributed by atoms with Crippen molar-refractivity contribution in [2.75, 3.05) is 33.8 Å². The standard InChI is InChI=1S/C16H27N5O2/c1-12-5-7-20(10-14(12)21-8-6-18-11-21)16(17-3)19-9-13(2)15(22)23-4/h6,8,11-14H,5,7,9-10H2,1-4H3,(H,17,19). The van der Waals surface area contributed by atoms with E-state index >= 15 is 0 Å². The third-order valence-corrected chi connectivity index (χ3v) is 4.51. The second-order valence-corrected chi connectivity index (χ2v) is 6.14. The van der Waals surface area contributed by atoms with Gasteiger partial charge in [0.2, 0.25) is 0 Å². The van der Waals surface area contributed by atoms with Crippen molar-refractivity contribution in [1.82, 2.24) is 19.8 Å². The zero-order chi connectivity index (χ0) is 16.8. The highest BCUT2D eigenvalue weighted by molar-refractivity contribution is 5.81. The lowest BCUT2D eigenvalue weighted by Gasteiger charge is -2.39. The molecule has 23 heavy (non-hydrogen) atoms. The number of carbonyl (C=O) groups is 1. The molecule has 3 unspecified atom stereocenters. The van der Waals surface area contributed by atoms with Gasteiger partial charge in [0, 0.05) is 39.1 Å². The molecule has 1 aromatic rings. The van der Waals surface area contributed by atoms with E-state index in [0.717, 1.165) is 25.5 Å². The van der Waals surface area contributed by atoms with Crippen LogP contribution >= 0.6 is 0 Å². The molecule has 0 saturated carbocycles. The molecule has 1 aromatic heterocycles. The summed E-state index contributed by atoms with van der Waals surface area (Å²) in [5, 5.41) is 3.29. The molecular formula is C16H27N5O2. The Kier molecular flexibility index (Phi) is 6.01. The maximum atomic E-state index is 11.5. The van der Waals surface area contributed by atoms with E-state index in [1.165, 1.54) is 7.11 Å². The number of imidazole rings is 1. The molecule has 0 aromatic carbocycles. The summed E-state index contributed by atoms with van der Waals surface area (Å²) in [5.74, 6) is 1.01. The van der Waals surface area contributed by atoms with Gasteiger partial charge in [-0.25, -0.2) is 4.98 Å². The van der Waals surface area contributed by atoms with Crippen LogP contribution in [0.5, 0.6) is 0 Å². The number of nitrogens with one attached hydrogen (secondary N) is 1. The first-order valence-electron chi connectivity index (χ1n) is 8.07. The lowest BCUT2D eigenvalue weighted by molar-refractivity contribution is -0.144. The van der Waals surface area contributed by atoms with Gasteiger partial charge in [-0.05, 0) is 12.3 Å². The van der Waals surface area contributed by atoms with Gasteiger partial charge in [0.15, 0.2) is 5.96 Å². The molecule has 0 amide bonds. The van der Waals surface area contributed by atoms with Gasteiger partial charge in [0.25, 0.3) is 0 Å². The number of aliphatic imine (C=N–C) groups is 1. The van der Waals surface area contributed by atoms with Gasteiger partial charge in [-0.2, -0.15) is 0 Å². The summed E-state index contributed by atoms with van der Waals surface area (Å²) in [6.07, 6.45) is 6.80. The summed E-state index contributed by atoms with van der Waals surface area (Å²) >= 11 is 0. The maximum Gasteiger partial charge on any atom is 0.310 e. The largest absolute Gasteiger partial charge is 0.469 e. The van der Waals surface area contributed by atoms with E-state index in [0.29, 0.717) is 18.5 Å². The Bertz CT molecular complexity index is 529. The molecule has 2 heterocycles. The second kappa shape index (κ2) is 7.99. The fraction of sp³-hybridized carbons (Fsp3) is 0.688. The number of likely N-dealkylation sites (tertiary alicyclic amines) is 1. The molecule has 1 fully saturated rings. The molecule has 3 atom stereocenters. The topological polar surface area (TPSA) is 71.8 Å². The zero-order valence-corrected chi connectivity index (χ0v) is 14.4. The first kappa shape index (κ1) is 17.3. The molecule has 1 aliphatic heterocycles. The van der Waals surface area contributed by atoms with Crippen molar-refractivity contribution in [3.05, 3.63) is 18.7 Å². The van der Waals surface area contributed by atoms with Gasteiger partial charge in [0.05, 0.1) is 25.4 Å². The molecule has 1 N–H and O–H groups in total. The highest BCUT2D eigenvalue weighted by Gasteiger charge is 2.29. The van der Waals surface area contributed by atoms with Crippen LogP contribution in [0.2, 0.25) is 0 Å². The van der Waals surface area contributed by atoms with Crippen LogP contribution in [0.4, 0.5) is 0 Å². The van der Waals surface area contributed by atoms with Crippen LogP contribution in [0.1, 0.15) is 26.3 Å². The molecule has 0 radical (unpaired) electrons. The Balaban J connectivity index is 1.97. The number of hydrogen-bond donors (Lipinski definition) is 1. The normalized spacial score (nSPS) is 23.5. The molecule has 128 valence electrons. The average Bonchev–Trinajstić information content (AvgIpc) is 3.09. The van der Waals surface area contributed by atoms with E-state index in [9.17, 15) is 4.79 Å². The summed E-state index contributed by atoms with van der Waals surface area (Å²) in [4.78, 5) is 22.3. The predicted molar refractivity (Wildman–Crippen MR) is 89.2 cm³/mol. The van der Waals surface area contributed by atoms with E-state index < -0.39 is 0 Å². The van der Waals surface area contributed by atoms with Crippen LogP contribution in [-0.4, -0.2) is 60.2 Å². The number of esters is 1. The number of nitrogens with zero attached hydrogens (tertiary/aromatic N) is 4. The Morgan fingerprint density at radius 2 is 2.35 bits per heavy atom. The zero-order valence-electron chi connectivity index (χ0n) is 14.4. The number of carbonyl (C=O) groups excluding carboxylic acids is 1. The summed E-state index contributed by atoms with van der Waals surface area (Å²) in [7, 11) is 3.19. The highest BCUT2D eigenvalue weighted by atomic mass is 16.5. The fourth-order valence-corrected chi connectivity index (χ4v) is 2.96. The van der Waals surface area contributed by atoms with Gasteiger partial charge in [-0.15, -0.1) is 0 Å². The first-order valence-corrected chi connectivity index (χ1v) is 8.07. The van der Waals surface area contributed by atoms with Crippen LogP contribution < -0.4 is 5.32 Å². The Hall–Kier alpha value is -2.05. The molecule has 0 bridgehead atoms. The smallest absolute Gasteiger partial charge is 0.310 e. The summed E-state index contributed by atoms with van der Waals surface area (Å²) < 4.78 is 6.93. The number of methoxy groups -OCH3 is 1. The molecule has 7 nitrogen and oxygen atoms in total. The van der Waals surface area contributed by atoms with Crippen LogP contribution in [0.3, 0.4) is 0 Å². The van der Waals surface area contributed by atoms with Crippen molar-refractivity contribution in [1.29, 1.82) is 0 Å². The molecule has 2 rings (SSSR count). The van der Waals surface area contributed by atoms with Crippen LogP contribution in [0.15, 0.2) is 23.7 Å². The summed E-state index contributed by atoms with van der Waals surface area (Å²) in [6.45, 7) is 6.47. The lowest BCUT2D eigenvalue weighted by atomic mass is 9.93. The maximum absolute atomic E-state index is 11.5. The lowest BCUT2D eigenvalue weighted by Crippen LogP contribution is -2.50. The van der Waals surface area contributed by atoms with Gasteiger partial charge >= 0.3 is 5.97 Å². The number of rotatable bonds is 4. The Morgan fingerprint density at radius 3 is 2.96 bits per heavy atom. The highest BCUT2D eigenvalue weighted by Crippen LogP contribution is 2.27. The summed E-state index contributed by atoms with van der Waals surface area (Å²) in [5.41, 5.74) is 0. The number of aromatic nitrogens is 2. The van der Waals surface area contributed by atoms with Crippen LogP contribution in [-0.2, 0) is 9.53 Å². The SMILES string of the molecule is CN=C(NCC(C)C(=O)OC)N1CCC(C)C(n2ccnc2)C1. The van der Waals surface area contributed by atoms with Gasteiger partial charge in [-0.1, -0.05) is 13.8 Å². The Morgan fingerprint density at radius 1 is 1.57 bits per heavy atom. The molecule has 0 spiro atoms. The van der Waals surface area contributed by atoms with Crippen LogP contribution in [0, 0.1) is 11.8 Å². The van der Waals surface area contributed by atoms with Crippen molar-refractivity contribution < 1.29 is 9.53 Å². The number of piperidine rings is 1. The van der Waals surface area contributed by atoms with Crippen molar-refractivity contribution in [3.8, 4) is 0 Å². The van der Waals surface area contributed by atoms with Gasteiger partial charge in [0.1, 0.15) is 0 Å². The molecule has 7 heteroatoms. The van der Waals surface area contributed by atoms with Crippen molar-refractivity contribution in [2.45, 2.75) is 26.3 Å². The Labute approximate surface area is 137 Å². The van der Waals surface area contributed by atoms with E-state index in [1.807, 2.05) is 25.6 Å². The first-order chi connectivity index (χ1) is 11.1. The third-order valence-electron chi connectivity index (χ3n) is 4.51. The van der Waals surface area contributed by atoms with E-state index in [2.05, 4.69) is 31.7 Å². The number of ether oxygens (including phenoxy) is 1. The monoisotopic (exact) mass is 321 g/mol. The van der Waals surface area contributed by atoms with E-state index in [4.69, 9.17) is 4.74 Å². The molecule has 1 saturated heterocycles. The average molecular weight is 321 g/mol. The fourth-order valence-electron chi connectivity index (χ4n) is 2.96. The van der Waals surface area contributed by atoms with E-state index in [1.54, 1.807) is 7.05 Å². The van der Waals surface area contributed by atoms with Crippen molar-refractivity contribution >= 4 is 11.9 Å². The minimum absolute atomic E-state index is 0.204. The minimum Gasteiger partial charge on any atom is -0.469 e. The molecule has 0 aliphatic carbocycles. The van der Waals surface area contributed by atoms with Crippen molar-refractivity contribution in [3.63, 3.8) is 0 Å². The minimum atomic E-state index is -0.212. The quantitative estimate of drug-likeness (QED) is 0.512. The third kappa shape index (κ3) is 4.24. The van der Waals surface area contributed by atoms with E-state index in [-0.39, 0.29) is 11.9 Å². The van der Waals surface area contributed by atoms with Gasteiger partial charge < -0.3 is 19.5 Å². The van der Waals surface area contributed by atoms with Crippen molar-refractivity contribution in [2.24, 2.45) is 16.8 Å². The molecule has 1 aliphatic rings. The van der Waals surface area contributed by atoms with Crippen LogP contribution in [0.25, 0.3) is 0 Å².